The number of nitrogens with one attached hydrogen (secondary N) is 1. The molecule has 0 aliphatic carbocycles. The quantitative estimate of drug-likeness (QED) is 0.789. The van der Waals surface area contributed by atoms with E-state index in [2.05, 4.69) is 26.0 Å². The second-order valence-corrected chi connectivity index (χ2v) is 5.59. The molecule has 1 N–H and O–H groups in total. The van der Waals surface area contributed by atoms with Crippen LogP contribution >= 0.6 is 15.9 Å². The molecule has 1 atom stereocenters. The number of carbonyl (C=O) groups excluding carboxylic acids is 2. The van der Waals surface area contributed by atoms with Crippen LogP contribution in [0.3, 0.4) is 0 Å². The van der Waals surface area contributed by atoms with Crippen molar-refractivity contribution < 1.29 is 23.5 Å². The summed E-state index contributed by atoms with van der Waals surface area (Å²) in [4.78, 5) is 23.3. The fourth-order valence-corrected chi connectivity index (χ4v) is 1.91. The standard InChI is InChI=1S/C14H17BrFNO4/c1-8(2)13(14(19)20-3)17-12(18)7-21-11-5-4-9(15)6-10(11)16/h4-6,8,13H,7H2,1-3H3,(H,17,18)/t13-/m1/s1. The Balaban J connectivity index is 2.58. The van der Waals surface area contributed by atoms with Crippen LogP contribution in [0.5, 0.6) is 5.75 Å². The normalized spacial score (nSPS) is 11.9. The van der Waals surface area contributed by atoms with Crippen molar-refractivity contribution in [2.24, 2.45) is 5.92 Å². The highest BCUT2D eigenvalue weighted by atomic mass is 79.9. The summed E-state index contributed by atoms with van der Waals surface area (Å²) in [6, 6.07) is 3.48. The van der Waals surface area contributed by atoms with E-state index in [1.807, 2.05) is 0 Å². The molecular weight excluding hydrogens is 345 g/mol. The number of halogens is 2. The molecule has 0 saturated carbocycles. The molecule has 1 aromatic carbocycles. The topological polar surface area (TPSA) is 64.6 Å². The van der Waals surface area contributed by atoms with Gasteiger partial charge in [0.2, 0.25) is 0 Å². The number of esters is 1. The number of hydrogen-bond acceptors (Lipinski definition) is 4. The van der Waals surface area contributed by atoms with Crippen molar-refractivity contribution in [1.29, 1.82) is 0 Å². The minimum atomic E-state index is -0.763. The fraction of sp³-hybridized carbons (Fsp3) is 0.429. The number of rotatable bonds is 6. The number of ether oxygens (including phenoxy) is 2. The van der Waals surface area contributed by atoms with Crippen LogP contribution in [0.25, 0.3) is 0 Å². The van der Waals surface area contributed by atoms with Crippen molar-refractivity contribution in [3.05, 3.63) is 28.5 Å². The molecule has 7 heteroatoms. The smallest absolute Gasteiger partial charge is 0.328 e. The van der Waals surface area contributed by atoms with Crippen LogP contribution in [-0.4, -0.2) is 31.6 Å². The van der Waals surface area contributed by atoms with Crippen LogP contribution in [0.2, 0.25) is 0 Å². The average molecular weight is 362 g/mol. The Morgan fingerprint density at radius 1 is 1.38 bits per heavy atom. The molecule has 0 saturated heterocycles. The van der Waals surface area contributed by atoms with Crippen LogP contribution in [-0.2, 0) is 14.3 Å². The lowest BCUT2D eigenvalue weighted by Crippen LogP contribution is -2.46. The molecule has 1 rings (SSSR count). The van der Waals surface area contributed by atoms with E-state index >= 15 is 0 Å². The summed E-state index contributed by atoms with van der Waals surface area (Å²) in [5.41, 5.74) is 0. The van der Waals surface area contributed by atoms with Crippen molar-refractivity contribution in [2.75, 3.05) is 13.7 Å². The van der Waals surface area contributed by atoms with Gasteiger partial charge < -0.3 is 14.8 Å². The maximum atomic E-state index is 13.5. The fourth-order valence-electron chi connectivity index (χ4n) is 1.58. The second kappa shape index (κ2) is 7.97. The zero-order valence-corrected chi connectivity index (χ0v) is 13.6. The molecule has 0 aliphatic heterocycles. The Kier molecular flexibility index (Phi) is 6.61. The number of methoxy groups -OCH3 is 1. The van der Waals surface area contributed by atoms with E-state index in [9.17, 15) is 14.0 Å². The molecule has 0 aliphatic rings. The van der Waals surface area contributed by atoms with Gasteiger partial charge in [-0.2, -0.15) is 0 Å². The van der Waals surface area contributed by atoms with Gasteiger partial charge in [0.15, 0.2) is 18.2 Å². The van der Waals surface area contributed by atoms with Gasteiger partial charge in [-0.3, -0.25) is 4.79 Å². The SMILES string of the molecule is COC(=O)[C@H](NC(=O)COc1ccc(Br)cc1F)C(C)C. The van der Waals surface area contributed by atoms with Crippen molar-refractivity contribution in [2.45, 2.75) is 19.9 Å². The van der Waals surface area contributed by atoms with Crippen molar-refractivity contribution in [1.82, 2.24) is 5.32 Å². The third kappa shape index (κ3) is 5.34. The Morgan fingerprint density at radius 2 is 2.05 bits per heavy atom. The third-order valence-electron chi connectivity index (χ3n) is 2.69. The summed E-state index contributed by atoms with van der Waals surface area (Å²) in [7, 11) is 1.25. The molecule has 0 fully saturated rings. The van der Waals surface area contributed by atoms with E-state index in [4.69, 9.17) is 4.74 Å². The molecule has 0 bridgehead atoms. The Morgan fingerprint density at radius 3 is 2.57 bits per heavy atom. The summed E-state index contributed by atoms with van der Waals surface area (Å²) in [5.74, 6) is -1.81. The number of amides is 1. The highest BCUT2D eigenvalue weighted by Gasteiger charge is 2.25. The monoisotopic (exact) mass is 361 g/mol. The lowest BCUT2D eigenvalue weighted by atomic mass is 10.0. The summed E-state index contributed by atoms with van der Waals surface area (Å²) < 4.78 is 23.8. The highest BCUT2D eigenvalue weighted by molar-refractivity contribution is 9.10. The van der Waals surface area contributed by atoms with Gasteiger partial charge in [0, 0.05) is 4.47 Å². The second-order valence-electron chi connectivity index (χ2n) is 4.68. The molecule has 0 heterocycles. The van der Waals surface area contributed by atoms with Crippen LogP contribution in [0.15, 0.2) is 22.7 Å². The van der Waals surface area contributed by atoms with E-state index in [0.717, 1.165) is 0 Å². The molecule has 0 aromatic heterocycles. The van der Waals surface area contributed by atoms with Crippen molar-refractivity contribution in [3.63, 3.8) is 0 Å². The Hall–Kier alpha value is -1.63. The molecule has 0 spiro atoms. The van der Waals surface area contributed by atoms with Gasteiger partial charge in [0.25, 0.3) is 5.91 Å². The van der Waals surface area contributed by atoms with Crippen molar-refractivity contribution >= 4 is 27.8 Å². The first-order valence-electron chi connectivity index (χ1n) is 6.30. The molecule has 116 valence electrons. The van der Waals surface area contributed by atoms with Gasteiger partial charge in [-0.05, 0) is 24.1 Å². The highest BCUT2D eigenvalue weighted by Crippen LogP contribution is 2.21. The van der Waals surface area contributed by atoms with Crippen LogP contribution in [0.4, 0.5) is 4.39 Å². The molecule has 21 heavy (non-hydrogen) atoms. The van der Waals surface area contributed by atoms with E-state index in [1.165, 1.54) is 19.2 Å². The first kappa shape index (κ1) is 17.4. The lowest BCUT2D eigenvalue weighted by molar-refractivity contribution is -0.146. The molecule has 0 unspecified atom stereocenters. The number of benzene rings is 1. The largest absolute Gasteiger partial charge is 0.481 e. The van der Waals surface area contributed by atoms with E-state index in [0.29, 0.717) is 4.47 Å². The first-order valence-corrected chi connectivity index (χ1v) is 7.09. The van der Waals surface area contributed by atoms with Gasteiger partial charge in [-0.1, -0.05) is 29.8 Å². The predicted octanol–water partition coefficient (Wildman–Crippen LogP) is 2.28. The summed E-state index contributed by atoms with van der Waals surface area (Å²) in [6.45, 7) is 3.16. The minimum Gasteiger partial charge on any atom is -0.481 e. The molecular formula is C14H17BrFNO4. The summed E-state index contributed by atoms with van der Waals surface area (Å²) in [6.07, 6.45) is 0. The molecule has 5 nitrogen and oxygen atoms in total. The van der Waals surface area contributed by atoms with Gasteiger partial charge in [-0.25, -0.2) is 9.18 Å². The predicted molar refractivity (Wildman–Crippen MR) is 78.4 cm³/mol. The summed E-state index contributed by atoms with van der Waals surface area (Å²) >= 11 is 3.12. The molecule has 1 aromatic rings. The van der Waals surface area contributed by atoms with Gasteiger partial charge >= 0.3 is 5.97 Å². The van der Waals surface area contributed by atoms with Crippen LogP contribution < -0.4 is 10.1 Å². The lowest BCUT2D eigenvalue weighted by Gasteiger charge is -2.19. The zero-order valence-electron chi connectivity index (χ0n) is 12.0. The van der Waals surface area contributed by atoms with Crippen LogP contribution in [0, 0.1) is 11.7 Å². The number of carbonyl (C=O) groups is 2. The molecule has 1 amide bonds. The Labute approximate surface area is 130 Å². The van der Waals surface area contributed by atoms with Gasteiger partial charge in [0.05, 0.1) is 7.11 Å². The third-order valence-corrected chi connectivity index (χ3v) is 3.18. The van der Waals surface area contributed by atoms with Crippen molar-refractivity contribution in [3.8, 4) is 5.75 Å². The first-order chi connectivity index (χ1) is 9.85. The van der Waals surface area contributed by atoms with Gasteiger partial charge in [-0.15, -0.1) is 0 Å². The van der Waals surface area contributed by atoms with Gasteiger partial charge in [0.1, 0.15) is 6.04 Å². The summed E-state index contributed by atoms with van der Waals surface area (Å²) in [5, 5.41) is 2.50. The maximum Gasteiger partial charge on any atom is 0.328 e. The molecule has 0 radical (unpaired) electrons. The van der Waals surface area contributed by atoms with Crippen LogP contribution in [0.1, 0.15) is 13.8 Å². The maximum absolute atomic E-state index is 13.5. The minimum absolute atomic E-state index is 0.0347. The van der Waals surface area contributed by atoms with E-state index < -0.39 is 30.3 Å². The Bertz CT molecular complexity index is 522. The average Bonchev–Trinajstić information content (AvgIpc) is 2.42. The number of hydrogen-bond donors (Lipinski definition) is 1. The van der Waals surface area contributed by atoms with E-state index in [-0.39, 0.29) is 11.7 Å². The zero-order chi connectivity index (χ0) is 16.0. The van der Waals surface area contributed by atoms with E-state index in [1.54, 1.807) is 19.9 Å².